The maximum Gasteiger partial charge on any atom is 0.345 e. The summed E-state index contributed by atoms with van der Waals surface area (Å²) in [6.07, 6.45) is 1.45. The van der Waals surface area contributed by atoms with E-state index in [9.17, 15) is 4.79 Å². The van der Waals surface area contributed by atoms with E-state index in [1.165, 1.54) is 15.6 Å². The third-order valence-corrected chi connectivity index (χ3v) is 2.10. The summed E-state index contributed by atoms with van der Waals surface area (Å²) in [5, 5.41) is 7.52. The minimum absolute atomic E-state index is 0.183. The third-order valence-electron chi connectivity index (χ3n) is 1.72. The minimum Gasteiger partial charge on any atom is -0.358 e. The van der Waals surface area contributed by atoms with Gasteiger partial charge in [-0.05, 0) is 15.9 Å². The van der Waals surface area contributed by atoms with Gasteiger partial charge in [0.05, 0.1) is 0 Å². The van der Waals surface area contributed by atoms with Crippen LogP contribution in [0.15, 0.2) is 26.3 Å². The van der Waals surface area contributed by atoms with Gasteiger partial charge < -0.3 is 4.52 Å². The van der Waals surface area contributed by atoms with Gasteiger partial charge in [0.1, 0.15) is 17.5 Å². The quantitative estimate of drug-likeness (QED) is 0.782. The highest BCUT2D eigenvalue weighted by Crippen LogP contribution is 2.09. The van der Waals surface area contributed by atoms with Crippen LogP contribution in [-0.2, 0) is 13.6 Å². The fraction of sp³-hybridized carbons (Fsp3) is 0.286. The lowest BCUT2D eigenvalue weighted by atomic mass is 10.5. The highest BCUT2D eigenvalue weighted by Gasteiger charge is 2.06. The van der Waals surface area contributed by atoms with Crippen LogP contribution >= 0.6 is 15.9 Å². The predicted octanol–water partition coefficient (Wildman–Crippen LogP) is 0.381. The monoisotopic (exact) mass is 258 g/mol. The van der Waals surface area contributed by atoms with E-state index in [1.54, 1.807) is 13.1 Å². The van der Waals surface area contributed by atoms with Crippen LogP contribution in [0, 0.1) is 0 Å². The molecule has 0 spiro atoms. The van der Waals surface area contributed by atoms with Crippen LogP contribution in [0.3, 0.4) is 0 Å². The number of aromatic nitrogens is 4. The molecule has 0 aliphatic heterocycles. The van der Waals surface area contributed by atoms with Gasteiger partial charge >= 0.3 is 5.69 Å². The molecule has 0 unspecified atom stereocenters. The number of hydrogen-bond acceptors (Lipinski definition) is 4. The highest BCUT2D eigenvalue weighted by molar-refractivity contribution is 9.10. The van der Waals surface area contributed by atoms with Crippen LogP contribution in [0.5, 0.6) is 0 Å². The zero-order valence-electron chi connectivity index (χ0n) is 7.35. The van der Waals surface area contributed by atoms with Crippen molar-refractivity contribution in [3.05, 3.63) is 33.2 Å². The van der Waals surface area contributed by atoms with Gasteiger partial charge in [0.15, 0.2) is 5.76 Å². The molecule has 7 heteroatoms. The van der Waals surface area contributed by atoms with E-state index in [4.69, 9.17) is 4.52 Å². The average Bonchev–Trinajstić information content (AvgIpc) is 2.67. The Bertz CT molecular complexity index is 498. The molecule has 0 fully saturated rings. The largest absolute Gasteiger partial charge is 0.358 e. The van der Waals surface area contributed by atoms with Crippen molar-refractivity contribution in [2.45, 2.75) is 6.54 Å². The van der Waals surface area contributed by atoms with Crippen LogP contribution in [0.2, 0.25) is 0 Å². The first-order valence-electron chi connectivity index (χ1n) is 3.86. The molecule has 2 aromatic heterocycles. The standard InChI is InChI=1S/C7H7BrN4O2/c1-11-4-9-12(7(11)13)3-5-2-6(8)10-14-5/h2,4H,3H2,1H3. The smallest absolute Gasteiger partial charge is 0.345 e. The Morgan fingerprint density at radius 1 is 1.64 bits per heavy atom. The summed E-state index contributed by atoms with van der Waals surface area (Å²) in [6, 6.07) is 1.70. The van der Waals surface area contributed by atoms with Crippen molar-refractivity contribution in [1.29, 1.82) is 0 Å². The van der Waals surface area contributed by atoms with Crippen LogP contribution in [0.4, 0.5) is 0 Å². The van der Waals surface area contributed by atoms with Crippen molar-refractivity contribution < 1.29 is 4.52 Å². The topological polar surface area (TPSA) is 65.8 Å². The molecule has 2 rings (SSSR count). The first-order chi connectivity index (χ1) is 6.66. The molecule has 14 heavy (non-hydrogen) atoms. The van der Waals surface area contributed by atoms with Crippen molar-refractivity contribution in [3.63, 3.8) is 0 Å². The summed E-state index contributed by atoms with van der Waals surface area (Å²) in [6.45, 7) is 0.290. The molecule has 0 saturated carbocycles. The van der Waals surface area contributed by atoms with Gasteiger partial charge in [-0.1, -0.05) is 5.16 Å². The molecule has 0 aliphatic carbocycles. The molecule has 0 aromatic carbocycles. The van der Waals surface area contributed by atoms with Crippen molar-refractivity contribution in [2.24, 2.45) is 7.05 Å². The minimum atomic E-state index is -0.183. The normalized spacial score (nSPS) is 10.7. The van der Waals surface area contributed by atoms with E-state index in [0.717, 1.165) is 0 Å². The Hall–Kier alpha value is -1.37. The number of rotatable bonds is 2. The van der Waals surface area contributed by atoms with Gasteiger partial charge in [-0.3, -0.25) is 4.57 Å². The molecular formula is C7H7BrN4O2. The van der Waals surface area contributed by atoms with E-state index in [1.807, 2.05) is 0 Å². The molecule has 0 radical (unpaired) electrons. The fourth-order valence-electron chi connectivity index (χ4n) is 1.04. The van der Waals surface area contributed by atoms with Crippen molar-refractivity contribution in [1.82, 2.24) is 19.5 Å². The highest BCUT2D eigenvalue weighted by atomic mass is 79.9. The first-order valence-corrected chi connectivity index (χ1v) is 4.65. The Labute approximate surface area is 87.2 Å². The molecule has 0 atom stereocenters. The molecular weight excluding hydrogens is 252 g/mol. The predicted molar refractivity (Wildman–Crippen MR) is 50.8 cm³/mol. The van der Waals surface area contributed by atoms with E-state index >= 15 is 0 Å². The SMILES string of the molecule is Cn1cnn(Cc2cc(Br)no2)c1=O. The number of nitrogens with zero attached hydrogens (tertiary/aromatic N) is 4. The average molecular weight is 259 g/mol. The molecule has 0 N–H and O–H groups in total. The van der Waals surface area contributed by atoms with Gasteiger partial charge in [-0.25, -0.2) is 9.48 Å². The maximum absolute atomic E-state index is 11.4. The van der Waals surface area contributed by atoms with E-state index < -0.39 is 0 Å². The van der Waals surface area contributed by atoms with Crippen molar-refractivity contribution >= 4 is 15.9 Å². The number of halogens is 1. The summed E-state index contributed by atoms with van der Waals surface area (Å²) >= 11 is 3.15. The second-order valence-corrected chi connectivity index (χ2v) is 3.61. The number of aryl methyl sites for hydroxylation is 1. The van der Waals surface area contributed by atoms with Crippen molar-refractivity contribution in [2.75, 3.05) is 0 Å². The molecule has 2 heterocycles. The Morgan fingerprint density at radius 3 is 2.93 bits per heavy atom. The van der Waals surface area contributed by atoms with E-state index in [-0.39, 0.29) is 12.2 Å². The Kier molecular flexibility index (Phi) is 2.24. The molecule has 0 saturated heterocycles. The lowest BCUT2D eigenvalue weighted by molar-refractivity contribution is 0.366. The third kappa shape index (κ3) is 1.63. The van der Waals surface area contributed by atoms with Crippen LogP contribution < -0.4 is 5.69 Å². The summed E-state index contributed by atoms with van der Waals surface area (Å²) in [5.41, 5.74) is -0.183. The molecule has 6 nitrogen and oxygen atoms in total. The van der Waals surface area contributed by atoms with Crippen LogP contribution in [0.1, 0.15) is 5.76 Å². The second kappa shape index (κ2) is 3.41. The first kappa shape index (κ1) is 9.20. The lowest BCUT2D eigenvalue weighted by Gasteiger charge is -1.92. The molecule has 0 bridgehead atoms. The molecule has 2 aromatic rings. The Balaban J connectivity index is 2.27. The van der Waals surface area contributed by atoms with E-state index in [2.05, 4.69) is 26.2 Å². The van der Waals surface area contributed by atoms with Gasteiger partial charge in [-0.2, -0.15) is 5.10 Å². The zero-order valence-corrected chi connectivity index (χ0v) is 8.93. The fourth-order valence-corrected chi connectivity index (χ4v) is 1.37. The molecule has 0 amide bonds. The summed E-state index contributed by atoms with van der Waals surface area (Å²) in [5.74, 6) is 0.581. The van der Waals surface area contributed by atoms with Crippen LogP contribution in [0.25, 0.3) is 0 Å². The van der Waals surface area contributed by atoms with Gasteiger partial charge in [-0.15, -0.1) is 0 Å². The summed E-state index contributed by atoms with van der Waals surface area (Å²) < 4.78 is 8.23. The molecule has 74 valence electrons. The summed E-state index contributed by atoms with van der Waals surface area (Å²) in [4.78, 5) is 11.4. The summed E-state index contributed by atoms with van der Waals surface area (Å²) in [7, 11) is 1.64. The lowest BCUT2D eigenvalue weighted by Crippen LogP contribution is -2.23. The second-order valence-electron chi connectivity index (χ2n) is 2.80. The maximum atomic E-state index is 11.4. The van der Waals surface area contributed by atoms with Crippen LogP contribution in [-0.4, -0.2) is 19.5 Å². The van der Waals surface area contributed by atoms with Gasteiger partial charge in [0, 0.05) is 13.1 Å². The van der Waals surface area contributed by atoms with Gasteiger partial charge in [0.25, 0.3) is 0 Å². The zero-order chi connectivity index (χ0) is 10.1. The van der Waals surface area contributed by atoms with Gasteiger partial charge in [0.2, 0.25) is 0 Å². The van der Waals surface area contributed by atoms with E-state index in [0.29, 0.717) is 10.4 Å². The number of hydrogen-bond donors (Lipinski definition) is 0. The van der Waals surface area contributed by atoms with Crippen molar-refractivity contribution in [3.8, 4) is 0 Å². The molecule has 0 aliphatic rings. The Morgan fingerprint density at radius 2 is 2.43 bits per heavy atom.